The van der Waals surface area contributed by atoms with Gasteiger partial charge in [-0.25, -0.2) is 0 Å². The van der Waals surface area contributed by atoms with Gasteiger partial charge in [0.2, 0.25) is 5.91 Å². The summed E-state index contributed by atoms with van der Waals surface area (Å²) in [5.41, 5.74) is 0. The predicted octanol–water partition coefficient (Wildman–Crippen LogP) is 15.7. The summed E-state index contributed by atoms with van der Waals surface area (Å²) in [5, 5.41) is 87.5. The van der Waals surface area contributed by atoms with E-state index in [0.717, 1.165) is 83.5 Å². The van der Waals surface area contributed by atoms with Gasteiger partial charge in [-0.1, -0.05) is 291 Å². The van der Waals surface area contributed by atoms with E-state index < -0.39 is 86.8 Å². The van der Waals surface area contributed by atoms with Crippen LogP contribution < -0.4 is 5.32 Å². The number of aliphatic hydroxyl groups excluding tert-OH is 8. The third-order valence-electron chi connectivity index (χ3n) is 17.5. The molecule has 2 aliphatic heterocycles. The SMILES string of the molecule is CC/C=C\C/C=C\C/C=C\C/C=C\C/C=C\CCCCCCCCCCCCCC(=O)NC(COC1OC(CO)C(OC2OC(CO)C(O)C(O)C2O)C(O)C1O)C(O)/C=C/CC/C=C/CC/C=C/CCCCCCCCCCCCCCCCCCCCCC. The number of ether oxygens (including phenoxy) is 4. The average Bonchev–Trinajstić information content (AvgIpc) is 1.07. The first kappa shape index (κ1) is 84.0. The van der Waals surface area contributed by atoms with Crippen LogP contribution in [0, 0.1) is 0 Å². The minimum absolute atomic E-state index is 0.258. The largest absolute Gasteiger partial charge is 0.394 e. The molecule has 0 aromatic rings. The molecule has 14 nitrogen and oxygen atoms in total. The molecule has 2 heterocycles. The minimum Gasteiger partial charge on any atom is -0.394 e. The molecule has 2 fully saturated rings. The van der Waals surface area contributed by atoms with E-state index in [1.807, 2.05) is 6.08 Å². The molecule has 0 radical (unpaired) electrons. The van der Waals surface area contributed by atoms with Crippen molar-refractivity contribution >= 4 is 5.91 Å². The Kier molecular flexibility index (Phi) is 55.9. The molecule has 0 spiro atoms. The first-order valence-corrected chi connectivity index (χ1v) is 37.0. The Balaban J connectivity index is 1.69. The molecule has 0 aliphatic carbocycles. The second-order valence-corrected chi connectivity index (χ2v) is 25.7. The summed E-state index contributed by atoms with van der Waals surface area (Å²) in [4.78, 5) is 13.3. The molecular weight excluding hydrogens is 1150 g/mol. The van der Waals surface area contributed by atoms with Crippen LogP contribution in [-0.4, -0.2) is 140 Å². The second-order valence-electron chi connectivity index (χ2n) is 25.7. The van der Waals surface area contributed by atoms with E-state index in [9.17, 15) is 45.6 Å². The Hall–Kier alpha value is -3.09. The molecule has 2 aliphatic rings. The number of carbonyl (C=O) groups is 1. The number of allylic oxidation sites excluding steroid dienone is 15. The number of rotatable bonds is 60. The fraction of sp³-hybridized carbons (Fsp3) is 0.779. The van der Waals surface area contributed by atoms with Crippen LogP contribution in [0.25, 0.3) is 0 Å². The highest BCUT2D eigenvalue weighted by molar-refractivity contribution is 5.76. The van der Waals surface area contributed by atoms with Crippen LogP contribution in [-0.2, 0) is 23.7 Å². The topological polar surface area (TPSA) is 228 Å². The quantitative estimate of drug-likeness (QED) is 0.0204. The number of nitrogens with one attached hydrogen (secondary N) is 1. The van der Waals surface area contributed by atoms with Crippen LogP contribution in [0.4, 0.5) is 0 Å². The van der Waals surface area contributed by atoms with Gasteiger partial charge >= 0.3 is 0 Å². The molecular formula is C77H135NO13. The van der Waals surface area contributed by atoms with Gasteiger partial charge in [-0.2, -0.15) is 0 Å². The third kappa shape index (κ3) is 44.3. The molecule has 2 rings (SSSR count). The highest BCUT2D eigenvalue weighted by Crippen LogP contribution is 2.30. The Bertz CT molecular complexity index is 1900. The summed E-state index contributed by atoms with van der Waals surface area (Å²) < 4.78 is 22.9. The first-order valence-electron chi connectivity index (χ1n) is 37.0. The molecule has 0 bridgehead atoms. The van der Waals surface area contributed by atoms with Gasteiger partial charge in [0.05, 0.1) is 32.0 Å². The van der Waals surface area contributed by atoms with E-state index in [1.165, 1.54) is 173 Å². The van der Waals surface area contributed by atoms with Crippen LogP contribution in [0.5, 0.6) is 0 Å². The van der Waals surface area contributed by atoms with Crippen molar-refractivity contribution in [3.63, 3.8) is 0 Å². The van der Waals surface area contributed by atoms with Gasteiger partial charge in [-0.15, -0.1) is 0 Å². The molecule has 0 saturated carbocycles. The number of unbranched alkanes of at least 4 members (excludes halogenated alkanes) is 33. The number of hydrogen-bond donors (Lipinski definition) is 9. The van der Waals surface area contributed by atoms with Gasteiger partial charge in [0.1, 0.15) is 48.8 Å². The Morgan fingerprint density at radius 2 is 0.769 bits per heavy atom. The minimum atomic E-state index is -1.80. The zero-order valence-electron chi connectivity index (χ0n) is 57.3. The van der Waals surface area contributed by atoms with Gasteiger partial charge in [0, 0.05) is 6.42 Å². The molecule has 91 heavy (non-hydrogen) atoms. The zero-order chi connectivity index (χ0) is 65.9. The fourth-order valence-electron chi connectivity index (χ4n) is 11.6. The second kappa shape index (κ2) is 60.6. The number of hydrogen-bond acceptors (Lipinski definition) is 13. The predicted molar refractivity (Wildman–Crippen MR) is 373 cm³/mol. The smallest absolute Gasteiger partial charge is 0.220 e. The molecule has 9 N–H and O–H groups in total. The van der Waals surface area contributed by atoms with Gasteiger partial charge < -0.3 is 65.1 Å². The van der Waals surface area contributed by atoms with Gasteiger partial charge in [0.15, 0.2) is 12.6 Å². The molecule has 2 saturated heterocycles. The Morgan fingerprint density at radius 3 is 1.21 bits per heavy atom. The average molecular weight is 1280 g/mol. The normalized spacial score (nSPS) is 23.4. The monoisotopic (exact) mass is 1280 g/mol. The lowest BCUT2D eigenvalue weighted by atomic mass is 9.97. The lowest BCUT2D eigenvalue weighted by Gasteiger charge is -2.46. The molecule has 12 atom stereocenters. The summed E-state index contributed by atoms with van der Waals surface area (Å²) in [7, 11) is 0. The van der Waals surface area contributed by atoms with E-state index in [-0.39, 0.29) is 18.9 Å². The Labute approximate surface area is 553 Å². The maximum Gasteiger partial charge on any atom is 0.220 e. The highest BCUT2D eigenvalue weighted by Gasteiger charge is 2.51. The summed E-state index contributed by atoms with van der Waals surface area (Å²) in [5.74, 6) is -0.258. The lowest BCUT2D eigenvalue weighted by Crippen LogP contribution is -2.65. The lowest BCUT2D eigenvalue weighted by molar-refractivity contribution is -0.359. The summed E-state index contributed by atoms with van der Waals surface area (Å²) in [6.45, 7) is 2.69. The summed E-state index contributed by atoms with van der Waals surface area (Å²) in [6, 6.07) is -0.948. The van der Waals surface area contributed by atoms with Gasteiger partial charge in [0.25, 0.3) is 0 Å². The molecule has 0 aromatic carbocycles. The van der Waals surface area contributed by atoms with E-state index in [4.69, 9.17) is 18.9 Å². The third-order valence-corrected chi connectivity index (χ3v) is 17.5. The summed E-state index contributed by atoms with van der Waals surface area (Å²) >= 11 is 0. The Morgan fingerprint density at radius 1 is 0.407 bits per heavy atom. The first-order chi connectivity index (χ1) is 44.6. The summed E-state index contributed by atoms with van der Waals surface area (Å²) in [6.07, 6.45) is 69.0. The van der Waals surface area contributed by atoms with Crippen molar-refractivity contribution in [2.45, 2.75) is 364 Å². The molecule has 14 heteroatoms. The van der Waals surface area contributed by atoms with Crippen molar-refractivity contribution in [2.24, 2.45) is 0 Å². The number of carbonyl (C=O) groups excluding carboxylic acids is 1. The van der Waals surface area contributed by atoms with Crippen molar-refractivity contribution < 1.29 is 64.6 Å². The fourth-order valence-corrected chi connectivity index (χ4v) is 11.6. The number of aliphatic hydroxyl groups is 8. The van der Waals surface area contributed by atoms with Crippen LogP contribution in [0.3, 0.4) is 0 Å². The number of amides is 1. The maximum atomic E-state index is 13.3. The van der Waals surface area contributed by atoms with E-state index >= 15 is 0 Å². The van der Waals surface area contributed by atoms with Crippen molar-refractivity contribution in [1.82, 2.24) is 5.32 Å². The van der Waals surface area contributed by atoms with Crippen LogP contribution in [0.2, 0.25) is 0 Å². The zero-order valence-corrected chi connectivity index (χ0v) is 57.3. The van der Waals surface area contributed by atoms with Crippen LogP contribution in [0.1, 0.15) is 290 Å². The molecule has 0 aromatic heterocycles. The van der Waals surface area contributed by atoms with E-state index in [0.29, 0.717) is 12.8 Å². The van der Waals surface area contributed by atoms with Crippen molar-refractivity contribution in [3.8, 4) is 0 Å². The molecule has 12 unspecified atom stereocenters. The molecule has 1 amide bonds. The van der Waals surface area contributed by atoms with Crippen LogP contribution >= 0.6 is 0 Å². The van der Waals surface area contributed by atoms with E-state index in [1.54, 1.807) is 6.08 Å². The van der Waals surface area contributed by atoms with Crippen molar-refractivity contribution in [1.29, 1.82) is 0 Å². The van der Waals surface area contributed by atoms with Gasteiger partial charge in [-0.3, -0.25) is 4.79 Å². The van der Waals surface area contributed by atoms with E-state index in [2.05, 4.69) is 104 Å². The van der Waals surface area contributed by atoms with Crippen LogP contribution in [0.15, 0.2) is 97.2 Å². The van der Waals surface area contributed by atoms with Crippen molar-refractivity contribution in [3.05, 3.63) is 97.2 Å². The maximum absolute atomic E-state index is 13.3. The van der Waals surface area contributed by atoms with Gasteiger partial charge in [-0.05, 0) is 89.9 Å². The molecule has 526 valence electrons. The highest BCUT2D eigenvalue weighted by atomic mass is 16.7. The standard InChI is InChI=1S/C77H135NO13/c1-3-5-7-9-11-13-15-17-19-21-23-25-27-29-31-32-33-35-36-38-40-42-44-46-48-50-52-54-56-58-60-66(81)65(64-88-76-74(87)72(85)75(68(63-80)90-76)91-77-73(86)71(84)70(83)67(62-79)89-77)78-69(82)61-59-57-55-53-51-49-47-45-43-41-39-37-34-30-28-26-24-22-20-18-16-14-12-10-8-6-4-2/h6,8,12,14,18,20,24,26,30,34,42,44,50,52,58,60,65-68,70-77,79-81,83-87H,3-5,7,9-11,13,15-17,19,21-23,25,27-29,31-33,35-41,43,45-49,51,53-57,59,61-64H2,1-2H3,(H,78,82)/b8-6-,14-12-,20-18-,26-24-,34-30-,44-42+,52-50+,60-58+. The van der Waals surface area contributed by atoms with Crippen molar-refractivity contribution in [2.75, 3.05) is 19.8 Å².